The summed E-state index contributed by atoms with van der Waals surface area (Å²) in [5, 5.41) is 6.77. The molecule has 0 radical (unpaired) electrons. The lowest BCUT2D eigenvalue weighted by atomic mass is 9.93. The minimum absolute atomic E-state index is 0. The van der Waals surface area contributed by atoms with Crippen LogP contribution in [-0.4, -0.2) is 69.0 Å². The van der Waals surface area contributed by atoms with Crippen molar-refractivity contribution in [3.8, 4) is 0 Å². The van der Waals surface area contributed by atoms with Crippen LogP contribution >= 0.6 is 24.0 Å². The van der Waals surface area contributed by atoms with Gasteiger partial charge in [-0.3, -0.25) is 9.79 Å². The van der Waals surface area contributed by atoms with E-state index in [1.54, 1.807) is 26.0 Å². The Balaban J connectivity index is 0.00000392. The molecule has 0 spiro atoms. The van der Waals surface area contributed by atoms with Crippen LogP contribution in [0.2, 0.25) is 0 Å². The summed E-state index contributed by atoms with van der Waals surface area (Å²) in [7, 11) is 5.33. The highest BCUT2D eigenvalue weighted by Gasteiger charge is 2.17. The molecule has 0 aromatic heterocycles. The number of guanidine groups is 1. The standard InChI is InChI=1S/C21H35N5O.HI/c1-5-26-14-11-17(12-15-26)10-13-23-21(22-2)24-16-18-6-8-19(9-7-18)20(27)25(3)4;/h6-9,17H,5,10-16H2,1-4H3,(H2,22,23,24);1H. The molecule has 0 bridgehead atoms. The Morgan fingerprint density at radius 3 is 2.36 bits per heavy atom. The van der Waals surface area contributed by atoms with Gasteiger partial charge in [0.05, 0.1) is 0 Å². The van der Waals surface area contributed by atoms with Gasteiger partial charge in [-0.2, -0.15) is 0 Å². The number of hydrogen-bond acceptors (Lipinski definition) is 3. The predicted molar refractivity (Wildman–Crippen MR) is 128 cm³/mol. The van der Waals surface area contributed by atoms with E-state index in [9.17, 15) is 4.79 Å². The molecular weight excluding hydrogens is 465 g/mol. The maximum absolute atomic E-state index is 11.9. The van der Waals surface area contributed by atoms with Crippen LogP contribution in [0.15, 0.2) is 29.3 Å². The van der Waals surface area contributed by atoms with Gasteiger partial charge in [-0.05, 0) is 62.5 Å². The minimum atomic E-state index is 0. The fourth-order valence-electron chi connectivity index (χ4n) is 3.42. The molecule has 158 valence electrons. The van der Waals surface area contributed by atoms with Crippen LogP contribution in [0.1, 0.15) is 42.1 Å². The third-order valence-electron chi connectivity index (χ3n) is 5.29. The van der Waals surface area contributed by atoms with Gasteiger partial charge >= 0.3 is 0 Å². The topological polar surface area (TPSA) is 60.0 Å². The van der Waals surface area contributed by atoms with Crippen molar-refractivity contribution in [3.05, 3.63) is 35.4 Å². The van der Waals surface area contributed by atoms with Crippen molar-refractivity contribution in [1.82, 2.24) is 20.4 Å². The van der Waals surface area contributed by atoms with Crippen molar-refractivity contribution < 1.29 is 4.79 Å². The average molecular weight is 501 g/mol. The maximum atomic E-state index is 11.9. The first kappa shape index (κ1) is 24.7. The Morgan fingerprint density at radius 2 is 1.82 bits per heavy atom. The Morgan fingerprint density at radius 1 is 1.18 bits per heavy atom. The maximum Gasteiger partial charge on any atom is 0.253 e. The van der Waals surface area contributed by atoms with Gasteiger partial charge in [0.1, 0.15) is 0 Å². The van der Waals surface area contributed by atoms with Crippen molar-refractivity contribution in [2.45, 2.75) is 32.7 Å². The molecule has 28 heavy (non-hydrogen) atoms. The molecule has 6 nitrogen and oxygen atoms in total. The fraction of sp³-hybridized carbons (Fsp3) is 0.619. The Hall–Kier alpha value is -1.35. The number of aliphatic imine (C=N–C) groups is 1. The number of carbonyl (C=O) groups is 1. The van der Waals surface area contributed by atoms with Crippen LogP contribution in [0.4, 0.5) is 0 Å². The Kier molecular flexibility index (Phi) is 11.4. The Bertz CT molecular complexity index is 610. The highest BCUT2D eigenvalue weighted by Crippen LogP contribution is 2.19. The summed E-state index contributed by atoms with van der Waals surface area (Å²) in [5.41, 5.74) is 1.83. The lowest BCUT2D eigenvalue weighted by Gasteiger charge is -2.31. The monoisotopic (exact) mass is 501 g/mol. The first-order chi connectivity index (χ1) is 13.0. The van der Waals surface area contributed by atoms with E-state index in [2.05, 4.69) is 27.4 Å². The largest absolute Gasteiger partial charge is 0.356 e. The predicted octanol–water partition coefficient (Wildman–Crippen LogP) is 2.79. The minimum Gasteiger partial charge on any atom is -0.356 e. The van der Waals surface area contributed by atoms with Crippen molar-refractivity contribution in [1.29, 1.82) is 0 Å². The van der Waals surface area contributed by atoms with E-state index in [0.717, 1.165) is 24.0 Å². The van der Waals surface area contributed by atoms with E-state index >= 15 is 0 Å². The van der Waals surface area contributed by atoms with Crippen LogP contribution in [0.25, 0.3) is 0 Å². The third kappa shape index (κ3) is 7.95. The number of hydrogen-bond donors (Lipinski definition) is 2. The van der Waals surface area contributed by atoms with Crippen molar-refractivity contribution in [2.24, 2.45) is 10.9 Å². The number of piperidine rings is 1. The van der Waals surface area contributed by atoms with E-state index in [4.69, 9.17) is 0 Å². The van der Waals surface area contributed by atoms with Crippen molar-refractivity contribution >= 4 is 35.8 Å². The number of rotatable bonds is 7. The number of nitrogens with one attached hydrogen (secondary N) is 2. The van der Waals surface area contributed by atoms with Crippen LogP contribution in [-0.2, 0) is 6.54 Å². The molecule has 1 aliphatic heterocycles. The number of nitrogens with zero attached hydrogens (tertiary/aromatic N) is 3. The molecule has 1 fully saturated rings. The normalized spacial score (nSPS) is 15.6. The molecule has 1 amide bonds. The van der Waals surface area contributed by atoms with Gasteiger partial charge in [-0.15, -0.1) is 24.0 Å². The molecule has 0 unspecified atom stereocenters. The number of halogens is 1. The highest BCUT2D eigenvalue weighted by molar-refractivity contribution is 14.0. The van der Waals surface area contributed by atoms with Gasteiger partial charge in [-0.25, -0.2) is 0 Å². The second-order valence-electron chi connectivity index (χ2n) is 7.42. The smallest absolute Gasteiger partial charge is 0.253 e. The number of carbonyl (C=O) groups excluding carboxylic acids is 1. The fourth-order valence-corrected chi connectivity index (χ4v) is 3.42. The van der Waals surface area contributed by atoms with Crippen LogP contribution in [0, 0.1) is 5.92 Å². The average Bonchev–Trinajstić information content (AvgIpc) is 2.70. The Labute approximate surface area is 187 Å². The quantitative estimate of drug-likeness (QED) is 0.343. The van der Waals surface area contributed by atoms with Gasteiger partial charge in [0.15, 0.2) is 5.96 Å². The summed E-state index contributed by atoms with van der Waals surface area (Å²) in [6.45, 7) is 7.52. The summed E-state index contributed by atoms with van der Waals surface area (Å²) < 4.78 is 0. The molecular formula is C21H36IN5O. The zero-order chi connectivity index (χ0) is 19.6. The summed E-state index contributed by atoms with van der Waals surface area (Å²) in [6, 6.07) is 7.72. The van der Waals surface area contributed by atoms with E-state index in [1.165, 1.54) is 38.9 Å². The molecule has 0 aliphatic carbocycles. The number of benzene rings is 1. The lowest BCUT2D eigenvalue weighted by molar-refractivity contribution is 0.0827. The number of likely N-dealkylation sites (tertiary alicyclic amines) is 1. The van der Waals surface area contributed by atoms with Gasteiger partial charge in [0.2, 0.25) is 0 Å². The molecule has 2 N–H and O–H groups in total. The molecule has 1 aromatic rings. The molecule has 2 rings (SSSR count). The summed E-state index contributed by atoms with van der Waals surface area (Å²) in [5.74, 6) is 1.67. The molecule has 7 heteroatoms. The zero-order valence-corrected chi connectivity index (χ0v) is 20.0. The summed E-state index contributed by atoms with van der Waals surface area (Å²) >= 11 is 0. The van der Waals surface area contributed by atoms with Gasteiger partial charge in [0.25, 0.3) is 5.91 Å². The molecule has 0 saturated carbocycles. The first-order valence-electron chi connectivity index (χ1n) is 10.0. The van der Waals surface area contributed by atoms with Gasteiger partial charge in [-0.1, -0.05) is 19.1 Å². The van der Waals surface area contributed by atoms with Crippen LogP contribution in [0.3, 0.4) is 0 Å². The van der Waals surface area contributed by atoms with Crippen molar-refractivity contribution in [2.75, 3.05) is 47.3 Å². The van der Waals surface area contributed by atoms with Gasteiger partial charge in [0, 0.05) is 39.8 Å². The summed E-state index contributed by atoms with van der Waals surface area (Å²) in [6.07, 6.45) is 3.80. The summed E-state index contributed by atoms with van der Waals surface area (Å²) in [4.78, 5) is 20.4. The van der Waals surface area contributed by atoms with E-state index < -0.39 is 0 Å². The van der Waals surface area contributed by atoms with Gasteiger partial charge < -0.3 is 20.4 Å². The van der Waals surface area contributed by atoms with E-state index in [-0.39, 0.29) is 29.9 Å². The van der Waals surface area contributed by atoms with E-state index in [0.29, 0.717) is 12.1 Å². The van der Waals surface area contributed by atoms with E-state index in [1.807, 2.05) is 24.3 Å². The molecule has 0 atom stereocenters. The second kappa shape index (κ2) is 13.0. The first-order valence-corrected chi connectivity index (χ1v) is 10.0. The van der Waals surface area contributed by atoms with Crippen molar-refractivity contribution in [3.63, 3.8) is 0 Å². The highest BCUT2D eigenvalue weighted by atomic mass is 127. The number of amides is 1. The third-order valence-corrected chi connectivity index (χ3v) is 5.29. The zero-order valence-electron chi connectivity index (χ0n) is 17.7. The lowest BCUT2D eigenvalue weighted by Crippen LogP contribution is -2.39. The molecule has 1 heterocycles. The van der Waals surface area contributed by atoms with Crippen LogP contribution < -0.4 is 10.6 Å². The molecule has 1 aliphatic rings. The second-order valence-corrected chi connectivity index (χ2v) is 7.42. The van der Waals surface area contributed by atoms with Crippen LogP contribution in [0.5, 0.6) is 0 Å². The SMILES string of the molecule is CCN1CCC(CCNC(=NC)NCc2ccc(C(=O)N(C)C)cc2)CC1.I. The molecule has 1 aromatic carbocycles. The molecule has 1 saturated heterocycles.